The average Bonchev–Trinajstić information content (AvgIpc) is 2.42. The molecule has 1 amide bonds. The molecule has 0 spiro atoms. The number of carbonyl (C=O) groups is 1. The van der Waals surface area contributed by atoms with E-state index < -0.39 is 5.67 Å². The number of halogens is 1. The van der Waals surface area contributed by atoms with Gasteiger partial charge >= 0.3 is 0 Å². The van der Waals surface area contributed by atoms with Crippen molar-refractivity contribution in [2.75, 3.05) is 19.6 Å². The molecule has 0 aromatic carbocycles. The van der Waals surface area contributed by atoms with Crippen molar-refractivity contribution in [3.05, 3.63) is 23.5 Å². The van der Waals surface area contributed by atoms with Gasteiger partial charge in [0, 0.05) is 39.0 Å². The third kappa shape index (κ3) is 3.96. The van der Waals surface area contributed by atoms with Crippen molar-refractivity contribution in [2.24, 2.45) is 0 Å². The highest BCUT2D eigenvalue weighted by Gasteiger charge is 2.33. The van der Waals surface area contributed by atoms with E-state index in [1.807, 2.05) is 19.1 Å². The molecule has 0 aliphatic carbocycles. The number of carbonyl (C=O) groups excluding carboxylic acids is 1. The Balaban J connectivity index is 1.76. The average molecular weight is 266 g/mol. The van der Waals surface area contributed by atoms with Crippen LogP contribution in [0.2, 0.25) is 0 Å². The summed E-state index contributed by atoms with van der Waals surface area (Å²) in [6, 6.07) is 3.77. The summed E-state index contributed by atoms with van der Waals surface area (Å²) in [7, 11) is 0. The highest BCUT2D eigenvalue weighted by atomic mass is 19.1. The summed E-state index contributed by atoms with van der Waals surface area (Å²) in [5, 5.41) is 11.1. The van der Waals surface area contributed by atoms with Crippen LogP contribution < -0.4 is 5.32 Å². The molecule has 0 atom stereocenters. The van der Waals surface area contributed by atoms with Gasteiger partial charge in [-0.15, -0.1) is 0 Å². The summed E-state index contributed by atoms with van der Waals surface area (Å²) >= 11 is 0. The van der Waals surface area contributed by atoms with Crippen molar-refractivity contribution in [3.8, 4) is 0 Å². The van der Waals surface area contributed by atoms with E-state index in [2.05, 4.69) is 15.5 Å². The number of piperidine rings is 1. The van der Waals surface area contributed by atoms with Gasteiger partial charge in [-0.25, -0.2) is 4.39 Å². The van der Waals surface area contributed by atoms with Gasteiger partial charge in [0.2, 0.25) is 6.41 Å². The molecule has 1 fully saturated rings. The number of hydrogen-bond acceptors (Lipinski definition) is 4. The molecule has 19 heavy (non-hydrogen) atoms. The van der Waals surface area contributed by atoms with E-state index in [4.69, 9.17) is 0 Å². The molecule has 1 aromatic rings. The Labute approximate surface area is 112 Å². The van der Waals surface area contributed by atoms with Crippen LogP contribution in [0.4, 0.5) is 4.39 Å². The lowest BCUT2D eigenvalue weighted by Gasteiger charge is -2.34. The Kier molecular flexibility index (Phi) is 4.42. The molecule has 1 N–H and O–H groups in total. The molecule has 0 saturated carbocycles. The molecule has 0 unspecified atom stereocenters. The summed E-state index contributed by atoms with van der Waals surface area (Å²) in [4.78, 5) is 12.2. The van der Waals surface area contributed by atoms with Gasteiger partial charge in [-0.1, -0.05) is 0 Å². The van der Waals surface area contributed by atoms with Crippen LogP contribution in [0.3, 0.4) is 0 Å². The predicted octanol–water partition coefficient (Wildman–Crippen LogP) is 0.835. The van der Waals surface area contributed by atoms with Crippen LogP contribution in [0.25, 0.3) is 0 Å². The lowest BCUT2D eigenvalue weighted by Crippen LogP contribution is -2.46. The van der Waals surface area contributed by atoms with Crippen molar-refractivity contribution in [2.45, 2.75) is 32.0 Å². The van der Waals surface area contributed by atoms with Crippen LogP contribution in [-0.4, -0.2) is 46.8 Å². The summed E-state index contributed by atoms with van der Waals surface area (Å²) in [5.41, 5.74) is 0.448. The fraction of sp³-hybridized carbons (Fsp3) is 0.615. The lowest BCUT2D eigenvalue weighted by molar-refractivity contribution is -0.120. The van der Waals surface area contributed by atoms with Crippen LogP contribution in [-0.2, 0) is 11.3 Å². The van der Waals surface area contributed by atoms with E-state index in [9.17, 15) is 9.18 Å². The number of alkyl halides is 1. The van der Waals surface area contributed by atoms with Gasteiger partial charge in [0.05, 0.1) is 11.4 Å². The molecular weight excluding hydrogens is 247 g/mol. The molecule has 2 heterocycles. The van der Waals surface area contributed by atoms with Crippen LogP contribution in [0, 0.1) is 6.92 Å². The molecule has 5 nitrogen and oxygen atoms in total. The lowest BCUT2D eigenvalue weighted by atomic mass is 9.93. The zero-order valence-electron chi connectivity index (χ0n) is 11.1. The maximum Gasteiger partial charge on any atom is 0.209 e. The second kappa shape index (κ2) is 6.06. The fourth-order valence-electron chi connectivity index (χ4n) is 2.14. The van der Waals surface area contributed by atoms with Crippen molar-refractivity contribution in [1.82, 2.24) is 20.4 Å². The van der Waals surface area contributed by atoms with E-state index in [0.29, 0.717) is 32.5 Å². The van der Waals surface area contributed by atoms with Crippen LogP contribution in [0.15, 0.2) is 12.1 Å². The van der Waals surface area contributed by atoms with E-state index >= 15 is 0 Å². The van der Waals surface area contributed by atoms with Gasteiger partial charge in [-0.05, 0) is 19.1 Å². The fourth-order valence-corrected chi connectivity index (χ4v) is 2.14. The molecule has 104 valence electrons. The molecule has 6 heteroatoms. The molecule has 1 aliphatic rings. The second-order valence-corrected chi connectivity index (χ2v) is 5.06. The van der Waals surface area contributed by atoms with E-state index in [-0.39, 0.29) is 6.54 Å². The van der Waals surface area contributed by atoms with E-state index in [1.54, 1.807) is 4.90 Å². The minimum atomic E-state index is -1.22. The summed E-state index contributed by atoms with van der Waals surface area (Å²) in [5.74, 6) is 0. The normalized spacial score (nSPS) is 18.3. The number of likely N-dealkylation sites (tertiary alicyclic amines) is 1. The van der Waals surface area contributed by atoms with Crippen molar-refractivity contribution in [1.29, 1.82) is 0 Å². The number of amides is 1. The molecule has 0 radical (unpaired) electrons. The molecule has 1 saturated heterocycles. The number of aryl methyl sites for hydroxylation is 1. The molecule has 0 bridgehead atoms. The Morgan fingerprint density at radius 2 is 2.16 bits per heavy atom. The topological polar surface area (TPSA) is 58.1 Å². The molecule has 2 rings (SSSR count). The molecular formula is C13H19FN4O. The SMILES string of the molecule is Cc1ccc(CNCC2(F)CCN(C=O)CC2)nn1. The maximum atomic E-state index is 14.4. The summed E-state index contributed by atoms with van der Waals surface area (Å²) in [6.45, 7) is 3.66. The first-order valence-electron chi connectivity index (χ1n) is 6.49. The number of nitrogens with zero attached hydrogens (tertiary/aromatic N) is 3. The number of rotatable bonds is 5. The Morgan fingerprint density at radius 3 is 2.74 bits per heavy atom. The number of hydrogen-bond donors (Lipinski definition) is 1. The zero-order valence-corrected chi connectivity index (χ0v) is 11.1. The maximum absolute atomic E-state index is 14.4. The van der Waals surface area contributed by atoms with Gasteiger partial charge < -0.3 is 10.2 Å². The van der Waals surface area contributed by atoms with Crippen molar-refractivity contribution < 1.29 is 9.18 Å². The third-order valence-electron chi connectivity index (χ3n) is 3.44. The van der Waals surface area contributed by atoms with E-state index in [0.717, 1.165) is 17.8 Å². The van der Waals surface area contributed by atoms with Gasteiger partial charge in [-0.3, -0.25) is 4.79 Å². The Morgan fingerprint density at radius 1 is 1.42 bits per heavy atom. The minimum absolute atomic E-state index is 0.287. The monoisotopic (exact) mass is 266 g/mol. The van der Waals surface area contributed by atoms with Crippen LogP contribution in [0.1, 0.15) is 24.2 Å². The molecule has 1 aliphatic heterocycles. The standard InChI is InChI=1S/C13H19FN4O/c1-11-2-3-12(17-16-11)8-15-9-13(14)4-6-18(10-19)7-5-13/h2-3,10,15H,4-9H2,1H3. The minimum Gasteiger partial charge on any atom is -0.345 e. The molecule has 1 aromatic heterocycles. The largest absolute Gasteiger partial charge is 0.345 e. The third-order valence-corrected chi connectivity index (χ3v) is 3.44. The van der Waals surface area contributed by atoms with Gasteiger partial charge in [0.15, 0.2) is 0 Å². The Hall–Kier alpha value is -1.56. The highest BCUT2D eigenvalue weighted by Crippen LogP contribution is 2.25. The number of aromatic nitrogens is 2. The second-order valence-electron chi connectivity index (χ2n) is 5.06. The van der Waals surface area contributed by atoms with Gasteiger partial charge in [0.1, 0.15) is 5.67 Å². The number of nitrogens with one attached hydrogen (secondary N) is 1. The zero-order chi connectivity index (χ0) is 13.7. The summed E-state index contributed by atoms with van der Waals surface area (Å²) in [6.07, 6.45) is 1.56. The highest BCUT2D eigenvalue weighted by molar-refractivity contribution is 5.47. The van der Waals surface area contributed by atoms with Crippen molar-refractivity contribution in [3.63, 3.8) is 0 Å². The van der Waals surface area contributed by atoms with Crippen molar-refractivity contribution >= 4 is 6.41 Å². The van der Waals surface area contributed by atoms with E-state index in [1.165, 1.54) is 0 Å². The van der Waals surface area contributed by atoms with Gasteiger partial charge in [0.25, 0.3) is 0 Å². The quantitative estimate of drug-likeness (QED) is 0.802. The summed E-state index contributed by atoms with van der Waals surface area (Å²) < 4.78 is 14.4. The predicted molar refractivity (Wildman–Crippen MR) is 69.2 cm³/mol. The van der Waals surface area contributed by atoms with Crippen LogP contribution >= 0.6 is 0 Å². The Bertz CT molecular complexity index is 415. The first-order valence-corrected chi connectivity index (χ1v) is 6.49. The first kappa shape index (κ1) is 13.9. The smallest absolute Gasteiger partial charge is 0.209 e. The van der Waals surface area contributed by atoms with Crippen LogP contribution in [0.5, 0.6) is 0 Å². The van der Waals surface area contributed by atoms with Gasteiger partial charge in [-0.2, -0.15) is 10.2 Å². The first-order chi connectivity index (χ1) is 9.11.